The molecule has 0 aromatic carbocycles. The highest BCUT2D eigenvalue weighted by Gasteiger charge is 2.52. The zero-order valence-corrected chi connectivity index (χ0v) is 18.2. The Morgan fingerprint density at radius 1 is 0.913 bits per heavy atom. The van der Waals surface area contributed by atoms with E-state index in [-0.39, 0.29) is 0 Å². The molecule has 0 atom stereocenters. The van der Waals surface area contributed by atoms with Crippen molar-refractivity contribution in [1.29, 1.82) is 0 Å². The summed E-state index contributed by atoms with van der Waals surface area (Å²) in [6, 6.07) is 0. The molecule has 1 N–H and O–H groups in total. The lowest BCUT2D eigenvalue weighted by molar-refractivity contribution is 0.134. The van der Waals surface area contributed by atoms with E-state index in [0.717, 1.165) is 0 Å². The van der Waals surface area contributed by atoms with Crippen LogP contribution in [0.3, 0.4) is 0 Å². The lowest BCUT2D eigenvalue weighted by Crippen LogP contribution is -2.48. The highest BCUT2D eigenvalue weighted by molar-refractivity contribution is 6.87. The summed E-state index contributed by atoms with van der Waals surface area (Å²) in [5.41, 5.74) is 1.45. The van der Waals surface area contributed by atoms with Gasteiger partial charge in [-0.15, -0.1) is 6.58 Å². The van der Waals surface area contributed by atoms with Crippen molar-refractivity contribution in [2.45, 2.75) is 51.3 Å². The van der Waals surface area contributed by atoms with Crippen LogP contribution in [0.1, 0.15) is 6.42 Å². The third kappa shape index (κ3) is 3.96. The van der Waals surface area contributed by atoms with Gasteiger partial charge in [-0.05, 0) is 21.5 Å². The van der Waals surface area contributed by atoms with Crippen LogP contribution in [-0.2, 0) is 9.47 Å². The van der Waals surface area contributed by atoms with Crippen LogP contribution in [0, 0.1) is 0 Å². The molecule has 0 bridgehead atoms. The molecule has 0 unspecified atom stereocenters. The number of hydrogen-bond acceptors (Lipinski definition) is 3. The summed E-state index contributed by atoms with van der Waals surface area (Å²) in [7, 11) is -0.0823. The molecule has 0 aliphatic heterocycles. The largest absolute Gasteiger partial charge is 0.382 e. The molecule has 3 nitrogen and oxygen atoms in total. The van der Waals surface area contributed by atoms with E-state index >= 15 is 0 Å². The Hall–Kier alpha value is -0.466. The van der Waals surface area contributed by atoms with E-state index in [4.69, 9.17) is 9.47 Å². The van der Waals surface area contributed by atoms with Crippen molar-refractivity contribution < 1.29 is 14.6 Å². The SMILES string of the molecule is C=CCC1(O)C([Si](C)(C)C)=C(COC)C(COC)=C1[Si](C)(C)C. The van der Waals surface area contributed by atoms with Crippen LogP contribution in [0.5, 0.6) is 0 Å². The molecule has 0 spiro atoms. The van der Waals surface area contributed by atoms with Crippen molar-refractivity contribution in [3.8, 4) is 0 Å². The predicted octanol–water partition coefficient (Wildman–Crippen LogP) is 3.95. The Bertz CT molecular complexity index is 479. The number of methoxy groups -OCH3 is 2. The van der Waals surface area contributed by atoms with Gasteiger partial charge in [-0.25, -0.2) is 0 Å². The molecule has 0 amide bonds. The molecule has 0 radical (unpaired) electrons. The highest BCUT2D eigenvalue weighted by Crippen LogP contribution is 2.50. The predicted molar refractivity (Wildman–Crippen MR) is 104 cm³/mol. The average molecular weight is 355 g/mol. The standard InChI is InChI=1S/C18H34O3Si2/c1-10-11-18(19)16(22(4,5)6)14(12-20-2)15(13-21-3)17(18)23(7,8)9/h10,19H,1,11-13H2,2-9H3. The van der Waals surface area contributed by atoms with Crippen molar-refractivity contribution >= 4 is 16.1 Å². The van der Waals surface area contributed by atoms with Gasteiger partial charge in [-0.2, -0.15) is 0 Å². The van der Waals surface area contributed by atoms with E-state index in [2.05, 4.69) is 45.9 Å². The van der Waals surface area contributed by atoms with Crippen molar-refractivity contribution in [2.75, 3.05) is 27.4 Å². The van der Waals surface area contributed by atoms with E-state index in [1.807, 2.05) is 6.08 Å². The number of rotatable bonds is 8. The first kappa shape index (κ1) is 20.6. The normalized spacial score (nSPS) is 18.8. The van der Waals surface area contributed by atoms with Gasteiger partial charge in [0.2, 0.25) is 0 Å². The fourth-order valence-electron chi connectivity index (χ4n) is 4.09. The minimum atomic E-state index is -1.76. The quantitative estimate of drug-likeness (QED) is 0.530. The van der Waals surface area contributed by atoms with Crippen LogP contribution in [0.15, 0.2) is 34.2 Å². The van der Waals surface area contributed by atoms with Gasteiger partial charge in [0.25, 0.3) is 0 Å². The molecular weight excluding hydrogens is 320 g/mol. The summed E-state index contributed by atoms with van der Waals surface area (Å²) in [6.45, 7) is 18.7. The molecule has 0 saturated heterocycles. The second kappa shape index (κ2) is 7.19. The Labute approximate surface area is 144 Å². The maximum absolute atomic E-state index is 11.8. The summed E-state index contributed by atoms with van der Waals surface area (Å²) in [5.74, 6) is 0. The molecule has 0 saturated carbocycles. The van der Waals surface area contributed by atoms with Gasteiger partial charge in [0, 0.05) is 20.6 Å². The lowest BCUT2D eigenvalue weighted by Gasteiger charge is -2.40. The van der Waals surface area contributed by atoms with Crippen LogP contribution in [-0.4, -0.2) is 54.3 Å². The van der Waals surface area contributed by atoms with Gasteiger partial charge in [0.15, 0.2) is 0 Å². The first-order chi connectivity index (χ1) is 10.4. The van der Waals surface area contributed by atoms with Crippen LogP contribution < -0.4 is 0 Å². The van der Waals surface area contributed by atoms with Gasteiger partial charge in [-0.3, -0.25) is 0 Å². The molecule has 0 aromatic rings. The van der Waals surface area contributed by atoms with Crippen molar-refractivity contribution in [2.24, 2.45) is 0 Å². The molecule has 1 rings (SSSR count). The third-order valence-electron chi connectivity index (χ3n) is 4.31. The minimum Gasteiger partial charge on any atom is -0.382 e. The van der Waals surface area contributed by atoms with E-state index in [1.165, 1.54) is 21.5 Å². The zero-order valence-electron chi connectivity index (χ0n) is 16.2. The van der Waals surface area contributed by atoms with Gasteiger partial charge in [0.1, 0.15) is 5.60 Å². The summed E-state index contributed by atoms with van der Waals surface area (Å²) >= 11 is 0. The van der Waals surface area contributed by atoms with Crippen LogP contribution in [0.25, 0.3) is 0 Å². The smallest absolute Gasteiger partial charge is 0.104 e. The van der Waals surface area contributed by atoms with Gasteiger partial charge in [0.05, 0.1) is 29.4 Å². The molecule has 132 valence electrons. The van der Waals surface area contributed by atoms with Crippen molar-refractivity contribution in [1.82, 2.24) is 0 Å². The van der Waals surface area contributed by atoms with Gasteiger partial charge < -0.3 is 14.6 Å². The first-order valence-corrected chi connectivity index (χ1v) is 15.2. The maximum atomic E-state index is 11.8. The fraction of sp³-hybridized carbons (Fsp3) is 0.667. The summed E-state index contributed by atoms with van der Waals surface area (Å²) in [4.78, 5) is 0. The Kier molecular flexibility index (Phi) is 6.43. The van der Waals surface area contributed by atoms with Gasteiger partial charge >= 0.3 is 0 Å². The molecular formula is C18H34O3Si2. The first-order valence-electron chi connectivity index (χ1n) is 8.24. The average Bonchev–Trinajstić information content (AvgIpc) is 2.58. The Morgan fingerprint density at radius 3 is 1.48 bits per heavy atom. The summed E-state index contributed by atoms with van der Waals surface area (Å²) in [6.07, 6.45) is 2.41. The second-order valence-corrected chi connectivity index (χ2v) is 18.4. The van der Waals surface area contributed by atoms with E-state index in [1.54, 1.807) is 14.2 Å². The van der Waals surface area contributed by atoms with Crippen molar-refractivity contribution in [3.63, 3.8) is 0 Å². The Balaban J connectivity index is 3.79. The monoisotopic (exact) mass is 354 g/mol. The van der Waals surface area contributed by atoms with E-state index in [0.29, 0.717) is 19.6 Å². The second-order valence-electron chi connectivity index (χ2n) is 8.43. The number of ether oxygens (including phenoxy) is 2. The fourth-order valence-corrected chi connectivity index (χ4v) is 9.41. The molecule has 0 fully saturated rings. The maximum Gasteiger partial charge on any atom is 0.104 e. The minimum absolute atomic E-state index is 0.533. The summed E-state index contributed by atoms with van der Waals surface area (Å²) in [5, 5.41) is 14.3. The molecule has 0 aromatic heterocycles. The van der Waals surface area contributed by atoms with Crippen LogP contribution in [0.4, 0.5) is 0 Å². The molecule has 1 aliphatic rings. The molecule has 5 heteroatoms. The topological polar surface area (TPSA) is 38.7 Å². The lowest BCUT2D eigenvalue weighted by atomic mass is 10.0. The van der Waals surface area contributed by atoms with E-state index in [9.17, 15) is 5.11 Å². The molecule has 23 heavy (non-hydrogen) atoms. The number of aliphatic hydroxyl groups is 1. The molecule has 1 aliphatic carbocycles. The van der Waals surface area contributed by atoms with Crippen LogP contribution in [0.2, 0.25) is 39.3 Å². The van der Waals surface area contributed by atoms with E-state index < -0.39 is 21.7 Å². The van der Waals surface area contributed by atoms with Crippen molar-refractivity contribution in [3.05, 3.63) is 34.2 Å². The van der Waals surface area contributed by atoms with Crippen LogP contribution >= 0.6 is 0 Å². The number of hydrogen-bond donors (Lipinski definition) is 1. The zero-order chi connectivity index (χ0) is 18.1. The van der Waals surface area contributed by atoms with Gasteiger partial charge in [-0.1, -0.05) is 45.4 Å². The summed E-state index contributed by atoms with van der Waals surface area (Å²) < 4.78 is 11.0. The highest BCUT2D eigenvalue weighted by atomic mass is 28.3. The third-order valence-corrected chi connectivity index (χ3v) is 8.74. The molecule has 0 heterocycles. The Morgan fingerprint density at radius 2 is 1.26 bits per heavy atom.